The summed E-state index contributed by atoms with van der Waals surface area (Å²) in [5.74, 6) is 0. The van der Waals surface area contributed by atoms with Gasteiger partial charge in [-0.2, -0.15) is 0 Å². The predicted octanol–water partition coefficient (Wildman–Crippen LogP) is 1.20. The van der Waals surface area contributed by atoms with Crippen LogP contribution in [0.5, 0.6) is 0 Å². The number of hydrogen-bond acceptors (Lipinski definition) is 2. The highest BCUT2D eigenvalue weighted by Crippen LogP contribution is 1.99. The van der Waals surface area contributed by atoms with Crippen molar-refractivity contribution in [2.75, 3.05) is 13.1 Å². The molecule has 75 valence electrons. The minimum absolute atomic E-state index is 0.167. The van der Waals surface area contributed by atoms with Gasteiger partial charge in [-0.15, -0.1) is 0 Å². The maximum Gasteiger partial charge on any atom is 0.407 e. The third kappa shape index (κ3) is 3.91. The molecule has 4 heteroatoms. The van der Waals surface area contributed by atoms with E-state index < -0.39 is 6.09 Å². The normalized spacial score (nSPS) is 9.50. The Morgan fingerprint density at radius 3 is 2.71 bits per heavy atom. The molecule has 0 aliphatic heterocycles. The molecule has 14 heavy (non-hydrogen) atoms. The zero-order valence-corrected chi connectivity index (χ0v) is 7.82. The first-order chi connectivity index (χ1) is 6.83. The number of nitrogens with one attached hydrogen (secondary N) is 2. The Balaban J connectivity index is 2.24. The van der Waals surface area contributed by atoms with Crippen molar-refractivity contribution in [3.63, 3.8) is 0 Å². The molecule has 1 rings (SSSR count). The van der Waals surface area contributed by atoms with Crippen LogP contribution in [0.1, 0.15) is 5.56 Å². The fourth-order valence-electron chi connectivity index (χ4n) is 0.939. The molecule has 0 aliphatic carbocycles. The van der Waals surface area contributed by atoms with E-state index in [9.17, 15) is 4.79 Å². The van der Waals surface area contributed by atoms with Crippen molar-refractivity contribution in [1.82, 2.24) is 11.1 Å². The van der Waals surface area contributed by atoms with Crippen LogP contribution in [0.25, 0.3) is 0 Å². The topological polar surface area (TPSA) is 62.1 Å². The van der Waals surface area contributed by atoms with Gasteiger partial charge < -0.3 is 10.1 Å². The van der Waals surface area contributed by atoms with Crippen LogP contribution in [0.2, 0.25) is 0 Å². The molecular formula is C10H13N2O2. The Hall–Kier alpha value is -1.55. The Bertz CT molecular complexity index is 275. The number of alkyl carbamates (subject to hydrolysis) is 1. The molecule has 0 aliphatic rings. The lowest BCUT2D eigenvalue weighted by atomic mass is 10.2. The van der Waals surface area contributed by atoms with Gasteiger partial charge in [-0.1, -0.05) is 30.3 Å². The van der Waals surface area contributed by atoms with Crippen molar-refractivity contribution in [3.05, 3.63) is 35.9 Å². The molecule has 0 spiro atoms. The third-order valence-corrected chi connectivity index (χ3v) is 1.61. The van der Waals surface area contributed by atoms with Crippen molar-refractivity contribution in [3.8, 4) is 0 Å². The van der Waals surface area contributed by atoms with Crippen LogP contribution in [0.15, 0.2) is 30.3 Å². The largest absolute Gasteiger partial charge is 0.445 e. The Morgan fingerprint density at radius 1 is 1.36 bits per heavy atom. The minimum atomic E-state index is -0.471. The lowest BCUT2D eigenvalue weighted by molar-refractivity contribution is 0.140. The molecule has 4 nitrogen and oxygen atoms in total. The van der Waals surface area contributed by atoms with Gasteiger partial charge >= 0.3 is 6.09 Å². The Morgan fingerprint density at radius 2 is 2.07 bits per heavy atom. The first-order valence-corrected chi connectivity index (χ1v) is 4.42. The van der Waals surface area contributed by atoms with E-state index in [2.05, 4.69) is 5.32 Å². The van der Waals surface area contributed by atoms with Crippen LogP contribution < -0.4 is 11.1 Å². The van der Waals surface area contributed by atoms with E-state index in [4.69, 9.17) is 10.5 Å². The maximum atomic E-state index is 11.0. The monoisotopic (exact) mass is 193 g/mol. The van der Waals surface area contributed by atoms with Crippen molar-refractivity contribution in [1.29, 1.82) is 0 Å². The summed E-state index contributed by atoms with van der Waals surface area (Å²) in [4.78, 5) is 11.0. The van der Waals surface area contributed by atoms with Gasteiger partial charge in [-0.3, -0.25) is 5.73 Å². The van der Waals surface area contributed by atoms with Crippen LogP contribution >= 0.6 is 0 Å². The standard InChI is InChI=1S/C10H13N2O2/c11-6-7-12-10(13)14-8-9-4-2-1-3-5-9/h1-5,11H,6-8H2,(H,12,13). The molecule has 0 atom stereocenters. The predicted molar refractivity (Wildman–Crippen MR) is 52.6 cm³/mol. The van der Waals surface area contributed by atoms with E-state index >= 15 is 0 Å². The van der Waals surface area contributed by atoms with Gasteiger partial charge in [0, 0.05) is 13.1 Å². The molecule has 0 unspecified atom stereocenters. The van der Waals surface area contributed by atoms with E-state index in [1.165, 1.54) is 0 Å². The average molecular weight is 193 g/mol. The second kappa shape index (κ2) is 5.99. The van der Waals surface area contributed by atoms with E-state index in [0.29, 0.717) is 6.54 Å². The van der Waals surface area contributed by atoms with Gasteiger partial charge in [-0.05, 0) is 5.56 Å². The number of hydrogen-bond donors (Lipinski definition) is 1. The van der Waals surface area contributed by atoms with Gasteiger partial charge in [-0.25, -0.2) is 4.79 Å². The van der Waals surface area contributed by atoms with Gasteiger partial charge in [0.05, 0.1) is 0 Å². The van der Waals surface area contributed by atoms with E-state index in [1.807, 2.05) is 30.3 Å². The molecule has 1 radical (unpaired) electrons. The molecule has 2 N–H and O–H groups in total. The smallest absolute Gasteiger partial charge is 0.407 e. The fourth-order valence-corrected chi connectivity index (χ4v) is 0.939. The van der Waals surface area contributed by atoms with E-state index in [1.54, 1.807) is 0 Å². The molecule has 0 aromatic heterocycles. The lowest BCUT2D eigenvalue weighted by Gasteiger charge is -2.05. The summed E-state index contributed by atoms with van der Waals surface area (Å²) in [5, 5.41) is 2.45. The summed E-state index contributed by atoms with van der Waals surface area (Å²) < 4.78 is 4.90. The van der Waals surface area contributed by atoms with E-state index in [-0.39, 0.29) is 13.2 Å². The summed E-state index contributed by atoms with van der Waals surface area (Å²) in [6.07, 6.45) is -0.471. The van der Waals surface area contributed by atoms with Gasteiger partial charge in [0.2, 0.25) is 0 Å². The second-order valence-electron chi connectivity index (χ2n) is 2.74. The summed E-state index contributed by atoms with van der Waals surface area (Å²) >= 11 is 0. The quantitative estimate of drug-likeness (QED) is 0.780. The Labute approximate surface area is 83.1 Å². The van der Waals surface area contributed by atoms with Crippen LogP contribution in [-0.2, 0) is 11.3 Å². The summed E-state index contributed by atoms with van der Waals surface area (Å²) in [7, 11) is 0. The number of benzene rings is 1. The molecule has 1 amide bonds. The molecular weight excluding hydrogens is 180 g/mol. The average Bonchev–Trinajstić information content (AvgIpc) is 2.25. The van der Waals surface area contributed by atoms with Crippen molar-refractivity contribution in [2.24, 2.45) is 0 Å². The molecule has 0 heterocycles. The van der Waals surface area contributed by atoms with E-state index in [0.717, 1.165) is 5.56 Å². The minimum Gasteiger partial charge on any atom is -0.445 e. The third-order valence-electron chi connectivity index (χ3n) is 1.61. The molecule has 0 fully saturated rings. The second-order valence-corrected chi connectivity index (χ2v) is 2.74. The number of carbonyl (C=O) groups excluding carboxylic acids is 1. The summed E-state index contributed by atoms with van der Waals surface area (Å²) in [5.41, 5.74) is 7.77. The van der Waals surface area contributed by atoms with Crippen LogP contribution in [0.3, 0.4) is 0 Å². The van der Waals surface area contributed by atoms with Crippen molar-refractivity contribution >= 4 is 6.09 Å². The van der Waals surface area contributed by atoms with Crippen molar-refractivity contribution < 1.29 is 9.53 Å². The number of rotatable bonds is 4. The molecule has 0 bridgehead atoms. The molecule has 1 aromatic rings. The Kier molecular flexibility index (Phi) is 4.50. The molecule has 0 saturated heterocycles. The molecule has 0 saturated carbocycles. The maximum absolute atomic E-state index is 11.0. The first-order valence-electron chi connectivity index (χ1n) is 4.42. The fraction of sp³-hybridized carbons (Fsp3) is 0.300. The number of ether oxygens (including phenoxy) is 1. The van der Waals surface area contributed by atoms with Crippen LogP contribution in [0.4, 0.5) is 4.79 Å². The van der Waals surface area contributed by atoms with Crippen LogP contribution in [0, 0.1) is 0 Å². The van der Waals surface area contributed by atoms with Crippen molar-refractivity contribution in [2.45, 2.75) is 6.61 Å². The highest BCUT2D eigenvalue weighted by Gasteiger charge is 1.99. The molecule has 1 aromatic carbocycles. The van der Waals surface area contributed by atoms with Gasteiger partial charge in [0.25, 0.3) is 0 Å². The van der Waals surface area contributed by atoms with Gasteiger partial charge in [0.15, 0.2) is 0 Å². The van der Waals surface area contributed by atoms with Gasteiger partial charge in [0.1, 0.15) is 6.61 Å². The summed E-state index contributed by atoms with van der Waals surface area (Å²) in [6, 6.07) is 9.46. The number of carbonyl (C=O) groups is 1. The highest BCUT2D eigenvalue weighted by atomic mass is 16.5. The lowest BCUT2D eigenvalue weighted by Crippen LogP contribution is -2.27. The highest BCUT2D eigenvalue weighted by molar-refractivity contribution is 5.67. The van der Waals surface area contributed by atoms with Crippen LogP contribution in [-0.4, -0.2) is 19.2 Å². The first kappa shape index (κ1) is 10.5. The zero-order valence-electron chi connectivity index (χ0n) is 7.82. The zero-order chi connectivity index (χ0) is 10.2. The SMILES string of the molecule is [NH]CCNC(=O)OCc1ccccc1. The summed E-state index contributed by atoms with van der Waals surface area (Å²) in [6.45, 7) is 0.763. The number of amides is 1.